The Bertz CT molecular complexity index is 315. The fourth-order valence-electron chi connectivity index (χ4n) is 2.75. The summed E-state index contributed by atoms with van der Waals surface area (Å²) in [7, 11) is 0. The Morgan fingerprint density at radius 2 is 1.89 bits per heavy atom. The molecule has 0 amide bonds. The summed E-state index contributed by atoms with van der Waals surface area (Å²) >= 11 is 0. The minimum atomic E-state index is -0.907. The molecule has 1 aliphatic heterocycles. The topological polar surface area (TPSA) is 38.8 Å². The SMILES string of the molecule is CCC(=O)OC1(C(C)C)OCC(C(C)C)N1C(C)C. The van der Waals surface area contributed by atoms with Gasteiger partial charge in [0.15, 0.2) is 0 Å². The first kappa shape index (κ1) is 16.4. The summed E-state index contributed by atoms with van der Waals surface area (Å²) in [5.74, 6) is -0.558. The molecule has 1 fully saturated rings. The van der Waals surface area contributed by atoms with Gasteiger partial charge in [0.1, 0.15) is 0 Å². The van der Waals surface area contributed by atoms with E-state index in [0.717, 1.165) is 0 Å². The molecule has 4 heteroatoms. The monoisotopic (exact) mass is 271 g/mol. The van der Waals surface area contributed by atoms with Crippen molar-refractivity contribution >= 4 is 5.97 Å². The van der Waals surface area contributed by atoms with Crippen LogP contribution in [0, 0.1) is 11.8 Å². The number of nitrogens with zero attached hydrogens (tertiary/aromatic N) is 1. The van der Waals surface area contributed by atoms with Crippen LogP contribution in [0.4, 0.5) is 0 Å². The Morgan fingerprint density at radius 1 is 1.32 bits per heavy atom. The van der Waals surface area contributed by atoms with Gasteiger partial charge in [-0.3, -0.25) is 4.79 Å². The van der Waals surface area contributed by atoms with Crippen LogP contribution in [0.5, 0.6) is 0 Å². The summed E-state index contributed by atoms with van der Waals surface area (Å²) in [5.41, 5.74) is 0. The Kier molecular flexibility index (Phi) is 5.39. The van der Waals surface area contributed by atoms with Crippen molar-refractivity contribution in [1.82, 2.24) is 4.90 Å². The number of hydrogen-bond acceptors (Lipinski definition) is 4. The van der Waals surface area contributed by atoms with E-state index in [1.165, 1.54) is 0 Å². The van der Waals surface area contributed by atoms with E-state index in [4.69, 9.17) is 9.47 Å². The molecule has 0 N–H and O–H groups in total. The fourth-order valence-corrected chi connectivity index (χ4v) is 2.75. The number of rotatable bonds is 5. The van der Waals surface area contributed by atoms with Crippen LogP contribution in [0.1, 0.15) is 54.9 Å². The van der Waals surface area contributed by atoms with E-state index in [0.29, 0.717) is 18.9 Å². The molecule has 1 aliphatic rings. The zero-order chi connectivity index (χ0) is 14.8. The van der Waals surface area contributed by atoms with Crippen molar-refractivity contribution in [3.63, 3.8) is 0 Å². The van der Waals surface area contributed by atoms with Crippen LogP contribution in [-0.4, -0.2) is 35.5 Å². The standard InChI is InChI=1S/C15H29NO3/c1-8-14(17)19-15(11(4)5)16(12(6)7)13(9-18-15)10(2)3/h10-13H,8-9H2,1-7H3. The van der Waals surface area contributed by atoms with Gasteiger partial charge in [0, 0.05) is 24.4 Å². The molecular weight excluding hydrogens is 242 g/mol. The van der Waals surface area contributed by atoms with Gasteiger partial charge in [-0.25, -0.2) is 4.90 Å². The van der Waals surface area contributed by atoms with Crippen molar-refractivity contribution in [1.29, 1.82) is 0 Å². The molecule has 0 aromatic rings. The van der Waals surface area contributed by atoms with Crippen LogP contribution in [0.25, 0.3) is 0 Å². The molecule has 0 saturated carbocycles. The second-order valence-electron chi connectivity index (χ2n) is 6.24. The lowest BCUT2D eigenvalue weighted by Crippen LogP contribution is -2.58. The largest absolute Gasteiger partial charge is 0.418 e. The maximum Gasteiger partial charge on any atom is 0.309 e. The second-order valence-corrected chi connectivity index (χ2v) is 6.24. The fraction of sp³-hybridized carbons (Fsp3) is 0.933. The molecule has 1 rings (SSSR count). The summed E-state index contributed by atoms with van der Waals surface area (Å²) in [4.78, 5) is 14.0. The second kappa shape index (κ2) is 6.23. The van der Waals surface area contributed by atoms with Crippen LogP contribution in [0.15, 0.2) is 0 Å². The smallest absolute Gasteiger partial charge is 0.309 e. The molecule has 2 atom stereocenters. The van der Waals surface area contributed by atoms with E-state index < -0.39 is 5.91 Å². The third-order valence-corrected chi connectivity index (χ3v) is 3.78. The first-order valence-corrected chi connectivity index (χ1v) is 7.40. The number of esters is 1. The van der Waals surface area contributed by atoms with E-state index in [1.54, 1.807) is 0 Å². The summed E-state index contributed by atoms with van der Waals surface area (Å²) in [6.07, 6.45) is 0.371. The third-order valence-electron chi connectivity index (χ3n) is 3.78. The highest BCUT2D eigenvalue weighted by Crippen LogP contribution is 2.39. The number of carbonyl (C=O) groups is 1. The molecule has 4 nitrogen and oxygen atoms in total. The predicted molar refractivity (Wildman–Crippen MR) is 75.5 cm³/mol. The Morgan fingerprint density at radius 3 is 2.26 bits per heavy atom. The van der Waals surface area contributed by atoms with Crippen molar-refractivity contribution in [2.24, 2.45) is 11.8 Å². The van der Waals surface area contributed by atoms with Gasteiger partial charge < -0.3 is 9.47 Å². The molecule has 0 spiro atoms. The summed E-state index contributed by atoms with van der Waals surface area (Å²) < 4.78 is 11.7. The van der Waals surface area contributed by atoms with Gasteiger partial charge in [0.05, 0.1) is 6.61 Å². The van der Waals surface area contributed by atoms with Crippen molar-refractivity contribution in [3.05, 3.63) is 0 Å². The van der Waals surface area contributed by atoms with E-state index >= 15 is 0 Å². The molecule has 0 aliphatic carbocycles. The van der Waals surface area contributed by atoms with Gasteiger partial charge in [-0.05, 0) is 19.8 Å². The van der Waals surface area contributed by atoms with Crippen molar-refractivity contribution < 1.29 is 14.3 Å². The van der Waals surface area contributed by atoms with Gasteiger partial charge in [0.2, 0.25) is 0 Å². The van der Waals surface area contributed by atoms with Crippen LogP contribution in [0.3, 0.4) is 0 Å². The predicted octanol–water partition coefficient (Wildman–Crippen LogP) is 3.01. The average molecular weight is 271 g/mol. The lowest BCUT2D eigenvalue weighted by Gasteiger charge is -2.43. The van der Waals surface area contributed by atoms with Crippen LogP contribution in [-0.2, 0) is 14.3 Å². The first-order valence-electron chi connectivity index (χ1n) is 7.40. The van der Waals surface area contributed by atoms with Gasteiger partial charge in [-0.1, -0.05) is 34.6 Å². The van der Waals surface area contributed by atoms with Crippen molar-refractivity contribution in [2.75, 3.05) is 6.61 Å². The maximum absolute atomic E-state index is 11.8. The quantitative estimate of drug-likeness (QED) is 0.721. The maximum atomic E-state index is 11.8. The number of hydrogen-bond donors (Lipinski definition) is 0. The zero-order valence-corrected chi connectivity index (χ0v) is 13.4. The third kappa shape index (κ3) is 3.11. The lowest BCUT2D eigenvalue weighted by molar-refractivity contribution is -0.293. The molecule has 0 aromatic carbocycles. The summed E-state index contributed by atoms with van der Waals surface area (Å²) in [6, 6.07) is 0.550. The molecule has 0 bridgehead atoms. The molecule has 112 valence electrons. The van der Waals surface area contributed by atoms with Gasteiger partial charge in [-0.2, -0.15) is 0 Å². The molecule has 1 heterocycles. The summed E-state index contributed by atoms with van der Waals surface area (Å²) in [6.45, 7) is 15.1. The highest BCUT2D eigenvalue weighted by Gasteiger charge is 2.54. The molecular formula is C15H29NO3. The highest BCUT2D eigenvalue weighted by atomic mass is 16.7. The van der Waals surface area contributed by atoms with Crippen molar-refractivity contribution in [2.45, 2.75) is 72.9 Å². The van der Waals surface area contributed by atoms with E-state index in [2.05, 4.69) is 32.6 Å². The molecule has 2 unspecified atom stereocenters. The van der Waals surface area contributed by atoms with Crippen LogP contribution >= 0.6 is 0 Å². The van der Waals surface area contributed by atoms with E-state index in [1.807, 2.05) is 20.8 Å². The molecule has 0 radical (unpaired) electrons. The highest BCUT2D eigenvalue weighted by molar-refractivity contribution is 5.69. The molecule has 19 heavy (non-hydrogen) atoms. The average Bonchev–Trinajstić information content (AvgIpc) is 2.69. The van der Waals surface area contributed by atoms with Gasteiger partial charge >= 0.3 is 5.97 Å². The number of carbonyl (C=O) groups excluding carboxylic acids is 1. The van der Waals surface area contributed by atoms with Gasteiger partial charge in [0.25, 0.3) is 5.91 Å². The van der Waals surface area contributed by atoms with E-state index in [9.17, 15) is 4.79 Å². The van der Waals surface area contributed by atoms with Crippen molar-refractivity contribution in [3.8, 4) is 0 Å². The lowest BCUT2D eigenvalue weighted by atomic mass is 10.00. The first-order chi connectivity index (χ1) is 8.76. The normalized spacial score (nSPS) is 28.6. The molecule has 1 saturated heterocycles. The minimum Gasteiger partial charge on any atom is -0.418 e. The number of ether oxygens (including phenoxy) is 2. The summed E-state index contributed by atoms with van der Waals surface area (Å²) in [5, 5.41) is 0. The zero-order valence-electron chi connectivity index (χ0n) is 13.4. The van der Waals surface area contributed by atoms with Crippen LogP contribution < -0.4 is 0 Å². The van der Waals surface area contributed by atoms with Gasteiger partial charge in [-0.15, -0.1) is 0 Å². The van der Waals surface area contributed by atoms with E-state index in [-0.39, 0.29) is 24.0 Å². The van der Waals surface area contributed by atoms with Crippen LogP contribution in [0.2, 0.25) is 0 Å². The molecule has 0 aromatic heterocycles. The Balaban J connectivity index is 3.11. The Labute approximate surface area is 117 Å². The Hall–Kier alpha value is -0.610. The minimum absolute atomic E-state index is 0.0918.